The molecule has 0 bridgehead atoms. The highest BCUT2D eigenvalue weighted by Crippen LogP contribution is 2.26. The first-order valence-electron chi connectivity index (χ1n) is 6.69. The highest BCUT2D eigenvalue weighted by molar-refractivity contribution is 5.95. The van der Waals surface area contributed by atoms with Gasteiger partial charge in [0.05, 0.1) is 10.5 Å². The minimum atomic E-state index is -0.482. The van der Waals surface area contributed by atoms with Crippen LogP contribution in [0, 0.1) is 10.1 Å². The highest BCUT2D eigenvalue weighted by atomic mass is 16.6. The third-order valence-electron chi connectivity index (χ3n) is 2.92. The zero-order chi connectivity index (χ0) is 16.0. The van der Waals surface area contributed by atoms with Gasteiger partial charge < -0.3 is 15.4 Å². The van der Waals surface area contributed by atoms with Crippen molar-refractivity contribution in [3.8, 4) is 0 Å². The molecule has 0 saturated carbocycles. The van der Waals surface area contributed by atoms with E-state index in [2.05, 4.69) is 10.6 Å². The molecule has 0 saturated heterocycles. The van der Waals surface area contributed by atoms with Crippen LogP contribution in [-0.4, -0.2) is 36.6 Å². The van der Waals surface area contributed by atoms with E-state index >= 15 is 0 Å². The molecule has 7 nitrogen and oxygen atoms in total. The summed E-state index contributed by atoms with van der Waals surface area (Å²) in [7, 11) is 1.51. The molecule has 0 aliphatic carbocycles. The lowest BCUT2D eigenvalue weighted by Crippen LogP contribution is -2.33. The van der Waals surface area contributed by atoms with E-state index < -0.39 is 10.5 Å². The van der Waals surface area contributed by atoms with E-state index in [1.54, 1.807) is 0 Å². The largest absolute Gasteiger partial charge is 0.377 e. The molecule has 0 aliphatic rings. The molecule has 0 radical (unpaired) electrons. The molecule has 1 amide bonds. The number of rotatable bonds is 7. The van der Waals surface area contributed by atoms with Crippen LogP contribution in [0.2, 0.25) is 0 Å². The van der Waals surface area contributed by atoms with Crippen molar-refractivity contribution in [1.29, 1.82) is 0 Å². The van der Waals surface area contributed by atoms with E-state index in [9.17, 15) is 14.9 Å². The van der Waals surface area contributed by atoms with Crippen molar-refractivity contribution in [2.75, 3.05) is 25.5 Å². The standard InChI is InChI=1S/C14H21N3O4/c1-5-21-14(2,3)9-16-11-8-10(13(18)15-4)6-7-12(11)17(19)20/h6-8,16H,5,9H2,1-4H3,(H,15,18). The zero-order valence-electron chi connectivity index (χ0n) is 12.7. The van der Waals surface area contributed by atoms with Gasteiger partial charge in [0.25, 0.3) is 11.6 Å². The average Bonchev–Trinajstić information content (AvgIpc) is 2.43. The maximum Gasteiger partial charge on any atom is 0.292 e. The summed E-state index contributed by atoms with van der Waals surface area (Å²) >= 11 is 0. The molecule has 1 aromatic rings. The van der Waals surface area contributed by atoms with Gasteiger partial charge in [0, 0.05) is 31.8 Å². The molecule has 0 aromatic heterocycles. The Morgan fingerprint density at radius 1 is 1.43 bits per heavy atom. The van der Waals surface area contributed by atoms with Crippen molar-refractivity contribution < 1.29 is 14.5 Å². The second-order valence-corrected chi connectivity index (χ2v) is 5.11. The van der Waals surface area contributed by atoms with Crippen LogP contribution in [0.5, 0.6) is 0 Å². The molecule has 1 rings (SSSR count). The fourth-order valence-corrected chi connectivity index (χ4v) is 1.87. The Bertz CT molecular complexity index is 529. The normalized spacial score (nSPS) is 11.0. The molecule has 2 N–H and O–H groups in total. The van der Waals surface area contributed by atoms with Crippen molar-refractivity contribution in [2.24, 2.45) is 0 Å². The Morgan fingerprint density at radius 2 is 2.10 bits per heavy atom. The summed E-state index contributed by atoms with van der Waals surface area (Å²) in [4.78, 5) is 22.2. The lowest BCUT2D eigenvalue weighted by Gasteiger charge is -2.25. The molecule has 0 atom stereocenters. The van der Waals surface area contributed by atoms with Gasteiger partial charge in [-0.3, -0.25) is 14.9 Å². The first kappa shape index (κ1) is 16.9. The molecule has 7 heteroatoms. The third-order valence-corrected chi connectivity index (χ3v) is 2.92. The highest BCUT2D eigenvalue weighted by Gasteiger charge is 2.21. The van der Waals surface area contributed by atoms with E-state index in [-0.39, 0.29) is 11.6 Å². The molecule has 116 valence electrons. The van der Waals surface area contributed by atoms with Gasteiger partial charge in [0.15, 0.2) is 0 Å². The fourth-order valence-electron chi connectivity index (χ4n) is 1.87. The predicted molar refractivity (Wildman–Crippen MR) is 80.7 cm³/mol. The Kier molecular flexibility index (Phi) is 5.66. The van der Waals surface area contributed by atoms with Gasteiger partial charge in [-0.05, 0) is 32.9 Å². The number of nitrogens with one attached hydrogen (secondary N) is 2. The molecule has 0 unspecified atom stereocenters. The van der Waals surface area contributed by atoms with Crippen molar-refractivity contribution >= 4 is 17.3 Å². The number of hydrogen-bond donors (Lipinski definition) is 2. The number of benzene rings is 1. The Hall–Kier alpha value is -2.15. The average molecular weight is 295 g/mol. The third kappa shape index (κ3) is 4.71. The lowest BCUT2D eigenvalue weighted by molar-refractivity contribution is -0.384. The monoisotopic (exact) mass is 295 g/mol. The van der Waals surface area contributed by atoms with E-state index in [1.807, 2.05) is 20.8 Å². The molecule has 1 aromatic carbocycles. The number of carbonyl (C=O) groups excluding carboxylic acids is 1. The predicted octanol–water partition coefficient (Wildman–Crippen LogP) is 2.18. The van der Waals surface area contributed by atoms with Crippen molar-refractivity contribution in [3.63, 3.8) is 0 Å². The summed E-state index contributed by atoms with van der Waals surface area (Å²) in [5.74, 6) is -0.294. The smallest absolute Gasteiger partial charge is 0.292 e. The van der Waals surface area contributed by atoms with Crippen molar-refractivity contribution in [3.05, 3.63) is 33.9 Å². The molecule has 0 heterocycles. The Balaban J connectivity index is 3.01. The first-order valence-corrected chi connectivity index (χ1v) is 6.69. The van der Waals surface area contributed by atoms with Crippen LogP contribution in [0.1, 0.15) is 31.1 Å². The minimum Gasteiger partial charge on any atom is -0.377 e. The number of hydrogen-bond acceptors (Lipinski definition) is 5. The maximum absolute atomic E-state index is 11.6. The minimum absolute atomic E-state index is 0.0741. The molecule has 0 spiro atoms. The van der Waals surface area contributed by atoms with Crippen LogP contribution in [0.25, 0.3) is 0 Å². The van der Waals surface area contributed by atoms with Crippen LogP contribution >= 0.6 is 0 Å². The van der Waals surface area contributed by atoms with E-state index in [0.717, 1.165) is 0 Å². The number of amides is 1. The summed E-state index contributed by atoms with van der Waals surface area (Å²) in [5, 5.41) is 16.5. The second kappa shape index (κ2) is 7.03. The van der Waals surface area contributed by atoms with Gasteiger partial charge in [0.2, 0.25) is 0 Å². The van der Waals surface area contributed by atoms with Crippen LogP contribution < -0.4 is 10.6 Å². The van der Waals surface area contributed by atoms with E-state index in [0.29, 0.717) is 24.4 Å². The second-order valence-electron chi connectivity index (χ2n) is 5.11. The van der Waals surface area contributed by atoms with Gasteiger partial charge in [-0.25, -0.2) is 0 Å². The van der Waals surface area contributed by atoms with Crippen molar-refractivity contribution in [1.82, 2.24) is 5.32 Å². The lowest BCUT2D eigenvalue weighted by atomic mass is 10.1. The fraction of sp³-hybridized carbons (Fsp3) is 0.500. The number of anilines is 1. The van der Waals surface area contributed by atoms with Gasteiger partial charge in [-0.1, -0.05) is 0 Å². The van der Waals surface area contributed by atoms with Crippen LogP contribution in [0.4, 0.5) is 11.4 Å². The number of carbonyl (C=O) groups is 1. The van der Waals surface area contributed by atoms with Crippen LogP contribution in [-0.2, 0) is 4.74 Å². The van der Waals surface area contributed by atoms with Gasteiger partial charge >= 0.3 is 0 Å². The SMILES string of the molecule is CCOC(C)(C)CNc1cc(C(=O)NC)ccc1[N+](=O)[O-]. The summed E-state index contributed by atoms with van der Waals surface area (Å²) < 4.78 is 5.54. The summed E-state index contributed by atoms with van der Waals surface area (Å²) in [6, 6.07) is 4.22. The molecule has 0 fully saturated rings. The van der Waals surface area contributed by atoms with Gasteiger partial charge in [0.1, 0.15) is 5.69 Å². The Morgan fingerprint density at radius 3 is 2.62 bits per heavy atom. The van der Waals surface area contributed by atoms with E-state index in [4.69, 9.17) is 4.74 Å². The molecular formula is C14H21N3O4. The quantitative estimate of drug-likeness (QED) is 0.594. The zero-order valence-corrected chi connectivity index (χ0v) is 12.7. The Labute approximate surface area is 123 Å². The number of nitrogens with zero attached hydrogens (tertiary/aromatic N) is 1. The summed E-state index contributed by atoms with van der Waals surface area (Å²) in [6.45, 7) is 6.60. The van der Waals surface area contributed by atoms with Crippen LogP contribution in [0.3, 0.4) is 0 Å². The summed E-state index contributed by atoms with van der Waals surface area (Å²) in [5.41, 5.74) is 0.120. The summed E-state index contributed by atoms with van der Waals surface area (Å²) in [6.07, 6.45) is 0. The van der Waals surface area contributed by atoms with E-state index in [1.165, 1.54) is 25.2 Å². The number of nitro benzene ring substituents is 1. The topological polar surface area (TPSA) is 93.5 Å². The number of nitro groups is 1. The molecule has 21 heavy (non-hydrogen) atoms. The number of ether oxygens (including phenoxy) is 1. The van der Waals surface area contributed by atoms with Gasteiger partial charge in [-0.2, -0.15) is 0 Å². The molecular weight excluding hydrogens is 274 g/mol. The first-order chi connectivity index (χ1) is 9.80. The van der Waals surface area contributed by atoms with Crippen molar-refractivity contribution in [2.45, 2.75) is 26.4 Å². The van der Waals surface area contributed by atoms with Crippen LogP contribution in [0.15, 0.2) is 18.2 Å². The maximum atomic E-state index is 11.6. The van der Waals surface area contributed by atoms with Gasteiger partial charge in [-0.15, -0.1) is 0 Å². The molecule has 0 aliphatic heterocycles.